The maximum Gasteiger partial charge on any atom is 0.235 e. The van der Waals surface area contributed by atoms with Crippen molar-refractivity contribution in [3.63, 3.8) is 0 Å². The fourth-order valence-electron chi connectivity index (χ4n) is 2.82. The van der Waals surface area contributed by atoms with Crippen LogP contribution in [0.1, 0.15) is 17.0 Å². The summed E-state index contributed by atoms with van der Waals surface area (Å²) in [4.78, 5) is 20.3. The van der Waals surface area contributed by atoms with Gasteiger partial charge in [0.15, 0.2) is 9.84 Å². The van der Waals surface area contributed by atoms with E-state index in [-0.39, 0.29) is 5.75 Å². The number of pyridine rings is 1. The van der Waals surface area contributed by atoms with Gasteiger partial charge in [0.2, 0.25) is 11.8 Å². The molecule has 0 spiro atoms. The van der Waals surface area contributed by atoms with E-state index in [1.165, 1.54) is 0 Å². The number of nitrogens with one attached hydrogen (secondary N) is 1. The number of hydrogen-bond donors (Lipinski definition) is 1. The molecule has 0 bridgehead atoms. The lowest BCUT2D eigenvalue weighted by Crippen LogP contribution is -2.32. The molecule has 0 fully saturated rings. The van der Waals surface area contributed by atoms with Crippen LogP contribution < -0.4 is 10.1 Å². The molecule has 0 saturated heterocycles. The van der Waals surface area contributed by atoms with Crippen molar-refractivity contribution in [1.29, 1.82) is 0 Å². The van der Waals surface area contributed by atoms with Gasteiger partial charge in [-0.3, -0.25) is 9.78 Å². The number of nitrogens with zero attached hydrogens (tertiary/aromatic N) is 2. The van der Waals surface area contributed by atoms with Gasteiger partial charge in [-0.2, -0.15) is 0 Å². The number of rotatable bonds is 9. The molecule has 3 rings (SSSR count). The Labute approximate surface area is 175 Å². The second-order valence-corrected chi connectivity index (χ2v) is 8.80. The van der Waals surface area contributed by atoms with E-state index >= 15 is 0 Å². The van der Waals surface area contributed by atoms with Crippen molar-refractivity contribution in [3.05, 3.63) is 65.8 Å². The minimum Gasteiger partial charge on any atom is -0.497 e. The van der Waals surface area contributed by atoms with Gasteiger partial charge in [-0.15, -0.1) is 0 Å². The van der Waals surface area contributed by atoms with Crippen molar-refractivity contribution in [1.82, 2.24) is 15.3 Å². The second kappa shape index (κ2) is 9.53. The Balaban J connectivity index is 1.57. The van der Waals surface area contributed by atoms with Gasteiger partial charge in [0, 0.05) is 24.5 Å². The molecule has 0 unspecified atom stereocenters. The maximum absolute atomic E-state index is 12.5. The van der Waals surface area contributed by atoms with Crippen LogP contribution in [-0.2, 0) is 26.8 Å². The number of methoxy groups -OCH3 is 1. The van der Waals surface area contributed by atoms with Crippen LogP contribution in [0.15, 0.2) is 53.2 Å². The van der Waals surface area contributed by atoms with Crippen molar-refractivity contribution in [2.24, 2.45) is 0 Å². The van der Waals surface area contributed by atoms with Crippen LogP contribution in [0.5, 0.6) is 5.75 Å². The molecule has 158 valence electrons. The molecule has 3 aromatic rings. The summed E-state index contributed by atoms with van der Waals surface area (Å²) in [5.41, 5.74) is 2.01. The maximum atomic E-state index is 12.5. The third-order valence-electron chi connectivity index (χ3n) is 4.42. The highest BCUT2D eigenvalue weighted by atomic mass is 32.2. The largest absolute Gasteiger partial charge is 0.497 e. The molecule has 9 heteroatoms. The van der Waals surface area contributed by atoms with Gasteiger partial charge in [0.25, 0.3) is 0 Å². The van der Waals surface area contributed by atoms with Crippen LogP contribution in [0.2, 0.25) is 0 Å². The predicted octanol–water partition coefficient (Wildman–Crippen LogP) is 2.33. The van der Waals surface area contributed by atoms with Crippen LogP contribution in [0.25, 0.3) is 11.5 Å². The molecule has 2 aromatic heterocycles. The van der Waals surface area contributed by atoms with Crippen molar-refractivity contribution < 1.29 is 22.4 Å². The molecule has 0 aliphatic carbocycles. The Morgan fingerprint density at radius 2 is 1.83 bits per heavy atom. The fourth-order valence-corrected chi connectivity index (χ4v) is 4.11. The van der Waals surface area contributed by atoms with E-state index in [1.807, 2.05) is 12.1 Å². The zero-order chi connectivity index (χ0) is 21.6. The lowest BCUT2D eigenvalue weighted by molar-refractivity contribution is -0.118. The minimum absolute atomic E-state index is 0.297. The Morgan fingerprint density at radius 3 is 2.50 bits per heavy atom. The summed E-state index contributed by atoms with van der Waals surface area (Å²) in [6, 6.07) is 10.8. The van der Waals surface area contributed by atoms with E-state index in [0.29, 0.717) is 41.6 Å². The van der Waals surface area contributed by atoms with Gasteiger partial charge < -0.3 is 14.5 Å². The summed E-state index contributed by atoms with van der Waals surface area (Å²) in [6.07, 6.45) is 3.94. The topological polar surface area (TPSA) is 111 Å². The average Bonchev–Trinajstić information content (AvgIpc) is 3.08. The van der Waals surface area contributed by atoms with Gasteiger partial charge in [-0.05, 0) is 55.3 Å². The molecule has 1 N–H and O–H groups in total. The SMILES string of the molecule is COc1ccc(-c2nc(CS(=O)(=O)CC(=O)NCCc3ccncc3)c(C)o2)cc1. The summed E-state index contributed by atoms with van der Waals surface area (Å²) in [5.74, 6) is -0.0888. The highest BCUT2D eigenvalue weighted by Gasteiger charge is 2.22. The lowest BCUT2D eigenvalue weighted by Gasteiger charge is -2.06. The van der Waals surface area contributed by atoms with Crippen molar-refractivity contribution >= 4 is 15.7 Å². The molecular formula is C21H23N3O5S. The van der Waals surface area contributed by atoms with Gasteiger partial charge in [0.05, 0.1) is 18.6 Å². The number of aromatic nitrogens is 2. The summed E-state index contributed by atoms with van der Waals surface area (Å²) in [7, 11) is -2.12. The first kappa shape index (κ1) is 21.5. The Morgan fingerprint density at radius 1 is 1.13 bits per heavy atom. The minimum atomic E-state index is -3.70. The molecule has 0 atom stereocenters. The van der Waals surface area contributed by atoms with E-state index in [4.69, 9.17) is 9.15 Å². The number of aryl methyl sites for hydroxylation is 1. The Bertz CT molecular complexity index is 1090. The van der Waals surface area contributed by atoms with Crippen molar-refractivity contribution in [3.8, 4) is 17.2 Å². The second-order valence-electron chi connectivity index (χ2n) is 6.74. The summed E-state index contributed by atoms with van der Waals surface area (Å²) < 4.78 is 35.7. The normalized spacial score (nSPS) is 11.3. The molecule has 2 heterocycles. The highest BCUT2D eigenvalue weighted by Crippen LogP contribution is 2.25. The van der Waals surface area contributed by atoms with E-state index in [0.717, 1.165) is 5.56 Å². The molecule has 8 nitrogen and oxygen atoms in total. The van der Waals surface area contributed by atoms with Gasteiger partial charge in [-0.25, -0.2) is 13.4 Å². The van der Waals surface area contributed by atoms with Gasteiger partial charge >= 0.3 is 0 Å². The monoisotopic (exact) mass is 429 g/mol. The van der Waals surface area contributed by atoms with E-state index in [9.17, 15) is 13.2 Å². The molecule has 1 aromatic carbocycles. The first-order chi connectivity index (χ1) is 14.4. The first-order valence-electron chi connectivity index (χ1n) is 9.33. The van der Waals surface area contributed by atoms with Crippen LogP contribution in [0, 0.1) is 6.92 Å². The molecule has 0 saturated carbocycles. The standard InChI is InChI=1S/C21H23N3O5S/c1-15-19(24-21(29-15)17-3-5-18(28-2)6-4-17)13-30(26,27)14-20(25)23-12-9-16-7-10-22-11-8-16/h3-8,10-11H,9,12-14H2,1-2H3,(H,23,25). The van der Waals surface area contributed by atoms with Crippen molar-refractivity contribution in [2.75, 3.05) is 19.4 Å². The molecule has 0 aliphatic rings. The number of oxazole rings is 1. The van der Waals surface area contributed by atoms with Crippen LogP contribution in [0.4, 0.5) is 0 Å². The van der Waals surface area contributed by atoms with Crippen molar-refractivity contribution in [2.45, 2.75) is 19.1 Å². The first-order valence-corrected chi connectivity index (χ1v) is 11.2. The zero-order valence-corrected chi connectivity index (χ0v) is 17.6. The number of carbonyl (C=O) groups is 1. The predicted molar refractivity (Wildman–Crippen MR) is 112 cm³/mol. The summed E-state index contributed by atoms with van der Waals surface area (Å²) in [6.45, 7) is 2.00. The van der Waals surface area contributed by atoms with Crippen LogP contribution in [0.3, 0.4) is 0 Å². The zero-order valence-electron chi connectivity index (χ0n) is 16.8. The summed E-state index contributed by atoms with van der Waals surface area (Å²) >= 11 is 0. The average molecular weight is 429 g/mol. The van der Waals surface area contributed by atoms with Crippen LogP contribution in [-0.4, -0.2) is 43.7 Å². The molecule has 0 radical (unpaired) electrons. The number of ether oxygens (including phenoxy) is 1. The van der Waals surface area contributed by atoms with Gasteiger partial charge in [-0.1, -0.05) is 0 Å². The number of carbonyl (C=O) groups excluding carboxylic acids is 1. The lowest BCUT2D eigenvalue weighted by atomic mass is 10.2. The Kier molecular flexibility index (Phi) is 6.83. The fraction of sp³-hybridized carbons (Fsp3) is 0.286. The van der Waals surface area contributed by atoms with E-state index < -0.39 is 21.5 Å². The number of amides is 1. The number of hydrogen-bond acceptors (Lipinski definition) is 7. The van der Waals surface area contributed by atoms with E-state index in [2.05, 4.69) is 15.3 Å². The quantitative estimate of drug-likeness (QED) is 0.556. The molecule has 0 aliphatic heterocycles. The Hall–Kier alpha value is -3.20. The molecular weight excluding hydrogens is 406 g/mol. The smallest absolute Gasteiger partial charge is 0.235 e. The third-order valence-corrected chi connectivity index (χ3v) is 5.84. The molecule has 30 heavy (non-hydrogen) atoms. The third kappa shape index (κ3) is 5.90. The van der Waals surface area contributed by atoms with E-state index in [1.54, 1.807) is 50.7 Å². The molecule has 1 amide bonds. The van der Waals surface area contributed by atoms with Gasteiger partial charge in [0.1, 0.15) is 17.3 Å². The number of benzene rings is 1. The number of sulfone groups is 1. The van der Waals surface area contributed by atoms with Crippen LogP contribution >= 0.6 is 0 Å². The highest BCUT2D eigenvalue weighted by molar-refractivity contribution is 7.91. The summed E-state index contributed by atoms with van der Waals surface area (Å²) in [5, 5.41) is 2.64.